The van der Waals surface area contributed by atoms with Crippen LogP contribution < -0.4 is 0 Å². The molecule has 1 aromatic rings. The van der Waals surface area contributed by atoms with Crippen molar-refractivity contribution < 1.29 is 9.53 Å². The molecule has 1 aromatic carbocycles. The van der Waals surface area contributed by atoms with E-state index >= 15 is 0 Å². The van der Waals surface area contributed by atoms with E-state index in [1.54, 1.807) is 0 Å². The molecule has 1 atom stereocenters. The summed E-state index contributed by atoms with van der Waals surface area (Å²) in [5.74, 6) is 0.248. The fourth-order valence-electron chi connectivity index (χ4n) is 2.52. The summed E-state index contributed by atoms with van der Waals surface area (Å²) < 4.78 is 5.67. The number of unbranched alkanes of at least 4 members (excludes halogenated alkanes) is 3. The molecule has 0 fully saturated rings. The molecule has 0 saturated heterocycles. The lowest BCUT2D eigenvalue weighted by atomic mass is 9.93. The van der Waals surface area contributed by atoms with Crippen LogP contribution in [0.5, 0.6) is 0 Å². The van der Waals surface area contributed by atoms with Crippen molar-refractivity contribution >= 4 is 5.78 Å². The maximum atomic E-state index is 12.2. The van der Waals surface area contributed by atoms with Gasteiger partial charge in [0, 0.05) is 6.42 Å². The highest BCUT2D eigenvalue weighted by atomic mass is 16.5. The van der Waals surface area contributed by atoms with Crippen molar-refractivity contribution in [3.63, 3.8) is 0 Å². The van der Waals surface area contributed by atoms with Gasteiger partial charge in [0.25, 0.3) is 0 Å². The van der Waals surface area contributed by atoms with Crippen molar-refractivity contribution in [2.75, 3.05) is 6.61 Å². The Labute approximate surface area is 109 Å². The van der Waals surface area contributed by atoms with Crippen LogP contribution in [0.25, 0.3) is 0 Å². The average Bonchev–Trinajstić information content (AvgIpc) is 2.43. The van der Waals surface area contributed by atoms with Crippen LogP contribution in [-0.4, -0.2) is 12.4 Å². The molecular weight excluding hydrogens is 224 g/mol. The van der Waals surface area contributed by atoms with Gasteiger partial charge in [-0.1, -0.05) is 50.5 Å². The van der Waals surface area contributed by atoms with Crippen LogP contribution in [0.15, 0.2) is 24.3 Å². The van der Waals surface area contributed by atoms with E-state index in [0.717, 1.165) is 24.8 Å². The Bertz CT molecular complexity index is 398. The maximum Gasteiger partial charge on any atom is 0.166 e. The number of benzene rings is 1. The minimum absolute atomic E-state index is 0.248. The van der Waals surface area contributed by atoms with Crippen molar-refractivity contribution in [3.8, 4) is 0 Å². The zero-order valence-corrected chi connectivity index (χ0v) is 11.2. The smallest absolute Gasteiger partial charge is 0.166 e. The molecule has 0 aliphatic carbocycles. The van der Waals surface area contributed by atoms with Gasteiger partial charge < -0.3 is 4.74 Å². The van der Waals surface area contributed by atoms with Gasteiger partial charge in [0.2, 0.25) is 0 Å². The third kappa shape index (κ3) is 3.20. The molecular formula is C16H22O2. The molecule has 0 aromatic heterocycles. The van der Waals surface area contributed by atoms with Crippen LogP contribution in [0, 0.1) is 0 Å². The quantitative estimate of drug-likeness (QED) is 0.713. The lowest BCUT2D eigenvalue weighted by Crippen LogP contribution is -2.23. The lowest BCUT2D eigenvalue weighted by molar-refractivity contribution is -0.132. The zero-order chi connectivity index (χ0) is 12.8. The molecule has 2 heteroatoms. The highest BCUT2D eigenvalue weighted by molar-refractivity contribution is 5.84. The molecule has 18 heavy (non-hydrogen) atoms. The summed E-state index contributed by atoms with van der Waals surface area (Å²) in [7, 11) is 0. The first-order chi connectivity index (χ1) is 8.83. The minimum Gasteiger partial charge on any atom is -0.365 e. The highest BCUT2D eigenvalue weighted by Gasteiger charge is 2.26. The number of Topliss-reactive ketones (excluding diaryl/α,β-unsaturated/α-hetero) is 1. The second kappa shape index (κ2) is 6.69. The SMILES string of the molecule is CCCCCCC(=O)C1OCCc2ccccc21. The van der Waals surface area contributed by atoms with E-state index in [1.807, 2.05) is 18.2 Å². The van der Waals surface area contributed by atoms with Crippen molar-refractivity contribution in [1.29, 1.82) is 0 Å². The summed E-state index contributed by atoms with van der Waals surface area (Å²) in [5.41, 5.74) is 2.36. The lowest BCUT2D eigenvalue weighted by Gasteiger charge is -2.25. The molecule has 2 rings (SSSR count). The molecule has 1 aliphatic rings. The van der Waals surface area contributed by atoms with E-state index in [9.17, 15) is 4.79 Å². The fraction of sp³-hybridized carbons (Fsp3) is 0.562. The second-order valence-electron chi connectivity index (χ2n) is 4.98. The van der Waals surface area contributed by atoms with Gasteiger partial charge in [0.15, 0.2) is 5.78 Å². The number of ether oxygens (including phenoxy) is 1. The molecule has 1 unspecified atom stereocenters. The maximum absolute atomic E-state index is 12.2. The Morgan fingerprint density at radius 1 is 1.28 bits per heavy atom. The van der Waals surface area contributed by atoms with E-state index < -0.39 is 0 Å². The predicted octanol–water partition coefficient (Wildman–Crippen LogP) is 3.84. The van der Waals surface area contributed by atoms with Crippen molar-refractivity contribution in [3.05, 3.63) is 35.4 Å². The van der Waals surface area contributed by atoms with Crippen LogP contribution >= 0.6 is 0 Å². The molecule has 98 valence electrons. The van der Waals surface area contributed by atoms with Crippen LogP contribution in [0.4, 0.5) is 0 Å². The first-order valence-corrected chi connectivity index (χ1v) is 7.05. The zero-order valence-electron chi connectivity index (χ0n) is 11.2. The normalized spacial score (nSPS) is 18.4. The van der Waals surface area contributed by atoms with Gasteiger partial charge in [-0.3, -0.25) is 4.79 Å². The Morgan fingerprint density at radius 3 is 2.94 bits per heavy atom. The molecule has 1 aliphatic heterocycles. The van der Waals surface area contributed by atoms with Gasteiger partial charge in [-0.05, 0) is 24.0 Å². The number of ketones is 1. The summed E-state index contributed by atoms with van der Waals surface area (Å²) >= 11 is 0. The van der Waals surface area contributed by atoms with Crippen LogP contribution in [0.3, 0.4) is 0 Å². The average molecular weight is 246 g/mol. The number of rotatable bonds is 6. The van der Waals surface area contributed by atoms with Gasteiger partial charge in [0.1, 0.15) is 6.10 Å². The molecule has 0 radical (unpaired) electrons. The first-order valence-electron chi connectivity index (χ1n) is 7.05. The van der Waals surface area contributed by atoms with E-state index in [-0.39, 0.29) is 11.9 Å². The number of carbonyl (C=O) groups excluding carboxylic acids is 1. The topological polar surface area (TPSA) is 26.3 Å². The summed E-state index contributed by atoms with van der Waals surface area (Å²) in [5, 5.41) is 0. The summed E-state index contributed by atoms with van der Waals surface area (Å²) in [6.07, 6.45) is 5.84. The number of hydrogen-bond acceptors (Lipinski definition) is 2. The third-order valence-electron chi connectivity index (χ3n) is 3.56. The minimum atomic E-state index is -0.309. The summed E-state index contributed by atoms with van der Waals surface area (Å²) in [6.45, 7) is 2.85. The van der Waals surface area contributed by atoms with Crippen molar-refractivity contribution in [2.45, 2.75) is 51.6 Å². The molecule has 0 spiro atoms. The molecule has 0 amide bonds. The van der Waals surface area contributed by atoms with Crippen LogP contribution in [0.2, 0.25) is 0 Å². The van der Waals surface area contributed by atoms with Gasteiger partial charge in [-0.15, -0.1) is 0 Å². The fourth-order valence-corrected chi connectivity index (χ4v) is 2.52. The van der Waals surface area contributed by atoms with Crippen LogP contribution in [0.1, 0.15) is 56.3 Å². The van der Waals surface area contributed by atoms with E-state index in [2.05, 4.69) is 13.0 Å². The first kappa shape index (κ1) is 13.3. The monoisotopic (exact) mass is 246 g/mol. The Hall–Kier alpha value is -1.15. The molecule has 0 saturated carbocycles. The molecule has 1 heterocycles. The van der Waals surface area contributed by atoms with Gasteiger partial charge in [0.05, 0.1) is 6.61 Å². The Morgan fingerprint density at radius 2 is 2.11 bits per heavy atom. The number of carbonyl (C=O) groups is 1. The largest absolute Gasteiger partial charge is 0.365 e. The molecule has 2 nitrogen and oxygen atoms in total. The van der Waals surface area contributed by atoms with E-state index in [1.165, 1.54) is 18.4 Å². The molecule has 0 bridgehead atoms. The summed E-state index contributed by atoms with van der Waals surface area (Å²) in [6, 6.07) is 8.16. The van der Waals surface area contributed by atoms with Gasteiger partial charge in [-0.2, -0.15) is 0 Å². The van der Waals surface area contributed by atoms with Crippen molar-refractivity contribution in [2.24, 2.45) is 0 Å². The molecule has 0 N–H and O–H groups in total. The Balaban J connectivity index is 1.95. The predicted molar refractivity (Wildman–Crippen MR) is 72.6 cm³/mol. The van der Waals surface area contributed by atoms with E-state index in [0.29, 0.717) is 13.0 Å². The second-order valence-corrected chi connectivity index (χ2v) is 4.98. The number of fused-ring (bicyclic) bond motifs is 1. The number of hydrogen-bond donors (Lipinski definition) is 0. The summed E-state index contributed by atoms with van der Waals surface area (Å²) in [4.78, 5) is 12.2. The van der Waals surface area contributed by atoms with Gasteiger partial charge >= 0.3 is 0 Å². The van der Waals surface area contributed by atoms with Gasteiger partial charge in [-0.25, -0.2) is 0 Å². The standard InChI is InChI=1S/C16H22O2/c1-2-3-4-5-10-15(17)16-14-9-7-6-8-13(14)11-12-18-16/h6-9,16H,2-5,10-12H2,1H3. The highest BCUT2D eigenvalue weighted by Crippen LogP contribution is 2.28. The van der Waals surface area contributed by atoms with Crippen molar-refractivity contribution in [1.82, 2.24) is 0 Å². The van der Waals surface area contributed by atoms with E-state index in [4.69, 9.17) is 4.74 Å². The Kier molecular flexibility index (Phi) is 4.94. The third-order valence-corrected chi connectivity index (χ3v) is 3.56. The van der Waals surface area contributed by atoms with Crippen LogP contribution in [-0.2, 0) is 16.0 Å².